The van der Waals surface area contributed by atoms with E-state index in [-0.39, 0.29) is 30.3 Å². The molecule has 1 aromatic rings. The Labute approximate surface area is 127 Å². The third kappa shape index (κ3) is 2.44. The molecule has 1 N–H and O–H groups in total. The molecule has 21 heavy (non-hydrogen) atoms. The average molecular weight is 304 g/mol. The van der Waals surface area contributed by atoms with Gasteiger partial charge in [-0.25, -0.2) is 4.90 Å². The molecular formula is C16H14ClNO3. The standard InChI is InChI=1S/C16H14ClNO3/c17-13-5-6-14(10(9-13)2-1-7-19)18-15(20)11-3-4-12(8-11)16(18)21/h5-6,9,11-12,19H,3-4,7-8H2. The largest absolute Gasteiger partial charge is 0.384 e. The van der Waals surface area contributed by atoms with Crippen molar-refractivity contribution in [2.75, 3.05) is 11.5 Å². The fraction of sp³-hybridized carbons (Fsp3) is 0.375. The second-order valence-corrected chi connectivity index (χ2v) is 5.78. The van der Waals surface area contributed by atoms with E-state index in [0.29, 0.717) is 22.7 Å². The third-order valence-electron chi connectivity index (χ3n) is 4.07. The summed E-state index contributed by atoms with van der Waals surface area (Å²) in [6, 6.07) is 4.89. The lowest BCUT2D eigenvalue weighted by Gasteiger charge is -2.30. The molecule has 1 aromatic carbocycles. The number of piperidine rings is 1. The number of hydrogen-bond donors (Lipinski definition) is 1. The average Bonchev–Trinajstić information content (AvgIpc) is 2.92. The highest BCUT2D eigenvalue weighted by Crippen LogP contribution is 2.40. The predicted octanol–water partition coefficient (Wildman–Crippen LogP) is 1.97. The van der Waals surface area contributed by atoms with Crippen LogP contribution in [0.1, 0.15) is 24.8 Å². The number of benzene rings is 1. The second-order valence-electron chi connectivity index (χ2n) is 5.34. The lowest BCUT2D eigenvalue weighted by atomic mass is 9.95. The van der Waals surface area contributed by atoms with Gasteiger partial charge in [0.15, 0.2) is 0 Å². The summed E-state index contributed by atoms with van der Waals surface area (Å²) in [4.78, 5) is 26.2. The SMILES string of the molecule is O=C1C2CCC(C2)C(=O)N1c1ccc(Cl)cc1C#CCO. The van der Waals surface area contributed by atoms with Crippen molar-refractivity contribution in [3.8, 4) is 11.8 Å². The Morgan fingerprint density at radius 1 is 1.24 bits per heavy atom. The van der Waals surface area contributed by atoms with Crippen LogP contribution in [-0.2, 0) is 9.59 Å². The van der Waals surface area contributed by atoms with Crippen molar-refractivity contribution in [2.45, 2.75) is 19.3 Å². The van der Waals surface area contributed by atoms with Crippen LogP contribution in [0.25, 0.3) is 0 Å². The molecule has 2 fully saturated rings. The molecule has 108 valence electrons. The Balaban J connectivity index is 2.07. The number of nitrogens with zero attached hydrogens (tertiary/aromatic N) is 1. The van der Waals surface area contributed by atoms with Gasteiger partial charge in [-0.15, -0.1) is 0 Å². The normalized spacial score (nSPS) is 24.0. The van der Waals surface area contributed by atoms with E-state index in [9.17, 15) is 9.59 Å². The first-order chi connectivity index (χ1) is 10.1. The minimum absolute atomic E-state index is 0.0676. The van der Waals surface area contributed by atoms with Crippen molar-refractivity contribution >= 4 is 29.1 Å². The second kappa shape index (κ2) is 5.51. The number of anilines is 1. The zero-order valence-electron chi connectivity index (χ0n) is 11.3. The van der Waals surface area contributed by atoms with E-state index in [0.717, 1.165) is 12.8 Å². The first-order valence-electron chi connectivity index (χ1n) is 6.89. The Bertz CT molecular complexity index is 652. The number of aliphatic hydroxyl groups is 1. The first-order valence-corrected chi connectivity index (χ1v) is 7.26. The molecule has 3 rings (SSSR count). The number of fused-ring (bicyclic) bond motifs is 2. The molecule has 1 heterocycles. The van der Waals surface area contributed by atoms with Gasteiger partial charge in [0.1, 0.15) is 6.61 Å². The maximum absolute atomic E-state index is 12.5. The van der Waals surface area contributed by atoms with Crippen LogP contribution >= 0.6 is 11.6 Å². The molecule has 2 bridgehead atoms. The lowest BCUT2D eigenvalue weighted by Crippen LogP contribution is -2.46. The van der Waals surface area contributed by atoms with Crippen molar-refractivity contribution in [3.05, 3.63) is 28.8 Å². The molecule has 0 aromatic heterocycles. The van der Waals surface area contributed by atoms with Crippen molar-refractivity contribution in [3.63, 3.8) is 0 Å². The van der Waals surface area contributed by atoms with E-state index in [4.69, 9.17) is 16.7 Å². The molecule has 2 atom stereocenters. The van der Waals surface area contributed by atoms with Crippen LogP contribution < -0.4 is 4.90 Å². The van der Waals surface area contributed by atoms with Gasteiger partial charge in [-0.05, 0) is 37.5 Å². The molecule has 2 amide bonds. The molecule has 1 aliphatic heterocycles. The van der Waals surface area contributed by atoms with Crippen LogP contribution in [-0.4, -0.2) is 23.5 Å². The smallest absolute Gasteiger partial charge is 0.236 e. The van der Waals surface area contributed by atoms with Crippen LogP contribution in [0.5, 0.6) is 0 Å². The highest BCUT2D eigenvalue weighted by Gasteiger charge is 2.46. The van der Waals surface area contributed by atoms with Gasteiger partial charge in [0.2, 0.25) is 11.8 Å². The van der Waals surface area contributed by atoms with Gasteiger partial charge < -0.3 is 5.11 Å². The van der Waals surface area contributed by atoms with E-state index < -0.39 is 0 Å². The minimum atomic E-state index is -0.293. The number of aliphatic hydroxyl groups excluding tert-OH is 1. The van der Waals surface area contributed by atoms with Crippen LogP contribution in [0, 0.1) is 23.7 Å². The van der Waals surface area contributed by atoms with E-state index in [2.05, 4.69) is 11.8 Å². The molecule has 2 aliphatic rings. The van der Waals surface area contributed by atoms with E-state index >= 15 is 0 Å². The summed E-state index contributed by atoms with van der Waals surface area (Å²) in [5.41, 5.74) is 0.950. The van der Waals surface area contributed by atoms with Gasteiger partial charge in [0, 0.05) is 16.9 Å². The number of imide groups is 1. The topological polar surface area (TPSA) is 57.6 Å². The van der Waals surface area contributed by atoms with Crippen LogP contribution in [0.4, 0.5) is 5.69 Å². The number of carbonyl (C=O) groups is 2. The molecule has 1 saturated carbocycles. The quantitative estimate of drug-likeness (QED) is 0.637. The molecule has 1 aliphatic carbocycles. The molecular weight excluding hydrogens is 290 g/mol. The summed E-state index contributed by atoms with van der Waals surface area (Å²) in [7, 11) is 0. The predicted molar refractivity (Wildman–Crippen MR) is 78.7 cm³/mol. The van der Waals surface area contributed by atoms with Crippen LogP contribution in [0.2, 0.25) is 5.02 Å². The van der Waals surface area contributed by atoms with Gasteiger partial charge in [0.25, 0.3) is 0 Å². The van der Waals surface area contributed by atoms with Crippen molar-refractivity contribution in [1.29, 1.82) is 0 Å². The fourth-order valence-corrected chi connectivity index (χ4v) is 3.25. The van der Waals surface area contributed by atoms with Gasteiger partial charge in [0.05, 0.1) is 11.3 Å². The molecule has 0 spiro atoms. The van der Waals surface area contributed by atoms with Gasteiger partial charge in [-0.3, -0.25) is 9.59 Å². The Kier molecular flexibility index (Phi) is 3.71. The van der Waals surface area contributed by atoms with E-state index in [1.54, 1.807) is 18.2 Å². The van der Waals surface area contributed by atoms with Crippen molar-refractivity contribution in [2.24, 2.45) is 11.8 Å². The highest BCUT2D eigenvalue weighted by molar-refractivity contribution is 6.31. The van der Waals surface area contributed by atoms with E-state index in [1.165, 1.54) is 4.90 Å². The van der Waals surface area contributed by atoms with Crippen LogP contribution in [0.3, 0.4) is 0 Å². The highest BCUT2D eigenvalue weighted by atomic mass is 35.5. The Morgan fingerprint density at radius 2 is 1.90 bits per heavy atom. The molecule has 4 nitrogen and oxygen atoms in total. The third-order valence-corrected chi connectivity index (χ3v) is 4.31. The fourth-order valence-electron chi connectivity index (χ4n) is 3.08. The zero-order chi connectivity index (χ0) is 15.0. The van der Waals surface area contributed by atoms with Gasteiger partial charge in [-0.2, -0.15) is 0 Å². The number of amides is 2. The molecule has 1 saturated heterocycles. The van der Waals surface area contributed by atoms with E-state index in [1.807, 2.05) is 0 Å². The van der Waals surface area contributed by atoms with Crippen molar-refractivity contribution < 1.29 is 14.7 Å². The summed E-state index contributed by atoms with van der Waals surface area (Å²) in [6.45, 7) is -0.293. The Morgan fingerprint density at radius 3 is 2.52 bits per heavy atom. The number of rotatable bonds is 1. The Hall–Kier alpha value is -1.83. The maximum atomic E-state index is 12.5. The molecule has 0 radical (unpaired) electrons. The lowest BCUT2D eigenvalue weighted by molar-refractivity contribution is -0.133. The first kappa shape index (κ1) is 14.1. The summed E-state index contributed by atoms with van der Waals surface area (Å²) in [6.07, 6.45) is 2.22. The zero-order valence-corrected chi connectivity index (χ0v) is 12.1. The summed E-state index contributed by atoms with van der Waals surface area (Å²) in [5, 5.41) is 9.32. The summed E-state index contributed by atoms with van der Waals surface area (Å²) >= 11 is 5.96. The number of carbonyl (C=O) groups excluding carboxylic acids is 2. The summed E-state index contributed by atoms with van der Waals surface area (Å²) < 4.78 is 0. The summed E-state index contributed by atoms with van der Waals surface area (Å²) in [5.74, 6) is 4.86. The van der Waals surface area contributed by atoms with Crippen LogP contribution in [0.15, 0.2) is 18.2 Å². The van der Waals surface area contributed by atoms with Crippen molar-refractivity contribution in [1.82, 2.24) is 0 Å². The number of hydrogen-bond acceptors (Lipinski definition) is 3. The molecule has 5 heteroatoms. The van der Waals surface area contributed by atoms with Gasteiger partial charge >= 0.3 is 0 Å². The monoisotopic (exact) mass is 303 g/mol. The number of halogens is 1. The minimum Gasteiger partial charge on any atom is -0.384 e. The molecule has 2 unspecified atom stereocenters. The maximum Gasteiger partial charge on any atom is 0.236 e. The van der Waals surface area contributed by atoms with Gasteiger partial charge in [-0.1, -0.05) is 23.4 Å².